The maximum atomic E-state index is 8.36. The van der Waals surface area contributed by atoms with Gasteiger partial charge in [0, 0.05) is 23.6 Å². The van der Waals surface area contributed by atoms with E-state index in [1.807, 2.05) is 0 Å². The zero-order valence-electron chi connectivity index (χ0n) is 14.4. The number of hydrogen-bond acceptors (Lipinski definition) is 2. The van der Waals surface area contributed by atoms with Gasteiger partial charge in [-0.3, -0.25) is 4.79 Å². The lowest BCUT2D eigenvalue weighted by Gasteiger charge is -2.13. The van der Waals surface area contributed by atoms with Gasteiger partial charge in [0.05, 0.1) is 0 Å². The zero-order valence-corrected chi connectivity index (χ0v) is 14.4. The number of carboxylic acid groups (broad SMARTS) is 1. The predicted molar refractivity (Wildman–Crippen MR) is 97.0 cm³/mol. The van der Waals surface area contributed by atoms with E-state index in [4.69, 9.17) is 9.90 Å². The molecule has 2 N–H and O–H groups in total. The lowest BCUT2D eigenvalue weighted by molar-refractivity contribution is -0.122. The van der Waals surface area contributed by atoms with Gasteiger partial charge in [-0.15, -0.1) is 0 Å². The number of unbranched alkanes of at least 4 members (excludes halogenated alkanes) is 1. The van der Waals surface area contributed by atoms with E-state index in [-0.39, 0.29) is 6.47 Å². The molecule has 1 aromatic carbocycles. The van der Waals surface area contributed by atoms with Crippen LogP contribution in [0.4, 0.5) is 0 Å². The summed E-state index contributed by atoms with van der Waals surface area (Å²) in [6, 6.07) is 8.57. The summed E-state index contributed by atoms with van der Waals surface area (Å²) in [6.07, 6.45) is 8.74. The summed E-state index contributed by atoms with van der Waals surface area (Å²) >= 11 is 0. The molecule has 0 radical (unpaired) electrons. The average Bonchev–Trinajstić information content (AvgIpc) is 3.23. The number of aromatic amines is 1. The van der Waals surface area contributed by atoms with Gasteiger partial charge in [0.2, 0.25) is 0 Å². The number of nitrogens with zero attached hydrogens (tertiary/aromatic N) is 1. The molecule has 4 nitrogen and oxygen atoms in total. The van der Waals surface area contributed by atoms with Crippen molar-refractivity contribution < 1.29 is 9.90 Å². The molecule has 0 amide bonds. The summed E-state index contributed by atoms with van der Waals surface area (Å²) < 4.78 is 0. The Balaban J connectivity index is 0.000000325. The molecule has 0 saturated carbocycles. The van der Waals surface area contributed by atoms with Gasteiger partial charge >= 0.3 is 0 Å². The first-order valence-electron chi connectivity index (χ1n) is 8.62. The molecule has 0 atom stereocenters. The van der Waals surface area contributed by atoms with E-state index in [9.17, 15) is 0 Å². The molecule has 128 valence electrons. The normalized spacial score (nSPS) is 13.8. The molecule has 3 rings (SSSR count). The lowest BCUT2D eigenvalue weighted by Crippen LogP contribution is -2.21. The van der Waals surface area contributed by atoms with Gasteiger partial charge < -0.3 is 15.0 Å². The fourth-order valence-corrected chi connectivity index (χ4v) is 2.62. The van der Waals surface area contributed by atoms with Crippen molar-refractivity contribution in [1.82, 2.24) is 9.88 Å². The summed E-state index contributed by atoms with van der Waals surface area (Å²) in [6.45, 7) is 7.91. The predicted octanol–water partition coefficient (Wildman–Crippen LogP) is 4.31. The van der Waals surface area contributed by atoms with Crippen molar-refractivity contribution in [3.8, 4) is 0 Å². The Bertz CT molecular complexity index is 543. The van der Waals surface area contributed by atoms with Crippen LogP contribution < -0.4 is 0 Å². The van der Waals surface area contributed by atoms with Crippen LogP contribution in [0.2, 0.25) is 0 Å². The molecule has 0 spiro atoms. The number of hydrogen-bond donors (Lipinski definition) is 2. The Morgan fingerprint density at radius 3 is 2.39 bits per heavy atom. The van der Waals surface area contributed by atoms with Gasteiger partial charge in [-0.05, 0) is 44.0 Å². The Morgan fingerprint density at radius 1 is 1.17 bits per heavy atom. The van der Waals surface area contributed by atoms with Crippen molar-refractivity contribution >= 4 is 17.4 Å². The van der Waals surface area contributed by atoms with E-state index < -0.39 is 0 Å². The summed E-state index contributed by atoms with van der Waals surface area (Å²) in [5.41, 5.74) is 2.72. The van der Waals surface area contributed by atoms with Gasteiger partial charge in [0.15, 0.2) is 0 Å². The number of para-hydroxylation sites is 1. The van der Waals surface area contributed by atoms with Crippen LogP contribution in [0.5, 0.6) is 0 Å². The quantitative estimate of drug-likeness (QED) is 0.826. The molecular formula is C19H30N2O2. The van der Waals surface area contributed by atoms with Gasteiger partial charge in [-0.1, -0.05) is 44.9 Å². The molecular weight excluding hydrogens is 288 g/mol. The van der Waals surface area contributed by atoms with Crippen molar-refractivity contribution in [1.29, 1.82) is 0 Å². The van der Waals surface area contributed by atoms with E-state index in [0.29, 0.717) is 0 Å². The van der Waals surface area contributed by atoms with Crippen molar-refractivity contribution in [2.45, 2.75) is 46.0 Å². The van der Waals surface area contributed by atoms with Crippen molar-refractivity contribution in [2.24, 2.45) is 0 Å². The fraction of sp³-hybridized carbons (Fsp3) is 0.526. The second-order valence-electron chi connectivity index (χ2n) is 5.76. The number of rotatable bonds is 4. The van der Waals surface area contributed by atoms with E-state index in [2.05, 4.69) is 54.2 Å². The van der Waals surface area contributed by atoms with Gasteiger partial charge in [-0.2, -0.15) is 0 Å². The smallest absolute Gasteiger partial charge is 0.290 e. The maximum Gasteiger partial charge on any atom is 0.290 e. The highest BCUT2D eigenvalue weighted by Crippen LogP contribution is 2.19. The third-order valence-electron chi connectivity index (χ3n) is 4.07. The number of H-pyrrole nitrogens is 1. The van der Waals surface area contributed by atoms with Gasteiger partial charge in [-0.25, -0.2) is 0 Å². The third-order valence-corrected chi connectivity index (χ3v) is 4.07. The first-order valence-corrected chi connectivity index (χ1v) is 8.62. The van der Waals surface area contributed by atoms with Crippen LogP contribution >= 0.6 is 0 Å². The number of carbonyl (C=O) groups is 1. The molecule has 1 fully saturated rings. The second-order valence-corrected chi connectivity index (χ2v) is 5.76. The minimum Gasteiger partial charge on any atom is -0.483 e. The summed E-state index contributed by atoms with van der Waals surface area (Å²) in [7, 11) is 0. The summed E-state index contributed by atoms with van der Waals surface area (Å²) in [5.74, 6) is 0. The first kappa shape index (κ1) is 19.2. The van der Waals surface area contributed by atoms with E-state index >= 15 is 0 Å². The van der Waals surface area contributed by atoms with E-state index in [0.717, 1.165) is 0 Å². The zero-order chi connectivity index (χ0) is 16.9. The average molecular weight is 318 g/mol. The van der Waals surface area contributed by atoms with E-state index in [1.54, 1.807) is 0 Å². The number of likely N-dealkylation sites (tertiary alicyclic amines) is 1. The number of nitrogens with one attached hydrogen (secondary N) is 1. The molecule has 1 aromatic heterocycles. The second kappa shape index (κ2) is 11.7. The van der Waals surface area contributed by atoms with Crippen molar-refractivity contribution in [2.75, 3.05) is 19.6 Å². The number of aromatic nitrogens is 1. The molecule has 0 unspecified atom stereocenters. The molecule has 2 heterocycles. The van der Waals surface area contributed by atoms with E-state index in [1.165, 1.54) is 68.2 Å². The van der Waals surface area contributed by atoms with Gasteiger partial charge in [0.25, 0.3) is 6.47 Å². The fourth-order valence-electron chi connectivity index (χ4n) is 2.62. The van der Waals surface area contributed by atoms with Crippen LogP contribution in [0, 0.1) is 0 Å². The topological polar surface area (TPSA) is 56.3 Å². The highest BCUT2D eigenvalue weighted by Gasteiger charge is 2.11. The Hall–Kier alpha value is -1.81. The Kier molecular flexibility index (Phi) is 9.80. The van der Waals surface area contributed by atoms with Crippen LogP contribution in [0.25, 0.3) is 10.9 Å². The number of benzene rings is 1. The molecule has 0 aliphatic carbocycles. The number of fused-ring (bicyclic) bond motifs is 1. The summed E-state index contributed by atoms with van der Waals surface area (Å²) in [5, 5.41) is 8.28. The highest BCUT2D eigenvalue weighted by atomic mass is 16.3. The van der Waals surface area contributed by atoms with Crippen LogP contribution in [-0.2, 0) is 11.2 Å². The van der Waals surface area contributed by atoms with Crippen LogP contribution in [-0.4, -0.2) is 41.1 Å². The Morgan fingerprint density at radius 2 is 1.78 bits per heavy atom. The minimum absolute atomic E-state index is 0.250. The SMILES string of the molecule is CCCC.O=CO.c1ccc2c(CCN3CCCC3)c[nH]c2c1. The molecule has 0 bridgehead atoms. The lowest BCUT2D eigenvalue weighted by atomic mass is 10.1. The Labute approximate surface area is 139 Å². The van der Waals surface area contributed by atoms with Crippen LogP contribution in [0.1, 0.15) is 45.1 Å². The van der Waals surface area contributed by atoms with Gasteiger partial charge in [0.1, 0.15) is 0 Å². The standard InChI is InChI=1S/C14H18N2.C4H10.CH2O2/c1-2-6-14-13(5-1)12(11-15-14)7-10-16-8-3-4-9-16;1-3-4-2;2-1-3/h1-2,5-6,11,15H,3-4,7-10H2;3-4H2,1-2H3;1H,(H,2,3). The largest absolute Gasteiger partial charge is 0.483 e. The summed E-state index contributed by atoms with van der Waals surface area (Å²) in [4.78, 5) is 14.3. The molecule has 1 aliphatic rings. The molecule has 23 heavy (non-hydrogen) atoms. The van der Waals surface area contributed by atoms with Crippen LogP contribution in [0.3, 0.4) is 0 Å². The first-order chi connectivity index (χ1) is 11.3. The minimum atomic E-state index is -0.250. The third kappa shape index (κ3) is 6.87. The molecule has 4 heteroatoms. The maximum absolute atomic E-state index is 8.36. The molecule has 1 aliphatic heterocycles. The highest BCUT2D eigenvalue weighted by molar-refractivity contribution is 5.83. The monoisotopic (exact) mass is 318 g/mol. The van der Waals surface area contributed by atoms with Crippen LogP contribution in [0.15, 0.2) is 30.5 Å². The van der Waals surface area contributed by atoms with Crippen molar-refractivity contribution in [3.05, 3.63) is 36.0 Å². The molecule has 1 saturated heterocycles. The molecule has 2 aromatic rings. The van der Waals surface area contributed by atoms with Crippen molar-refractivity contribution in [3.63, 3.8) is 0 Å².